The number of benzene rings is 1. The molecule has 2 N–H and O–H groups in total. The first-order valence-electron chi connectivity index (χ1n) is 7.62. The third-order valence-corrected chi connectivity index (χ3v) is 4.55. The van der Waals surface area contributed by atoms with Crippen LogP contribution in [0.4, 0.5) is 5.69 Å². The molecule has 0 radical (unpaired) electrons. The van der Waals surface area contributed by atoms with Crippen molar-refractivity contribution in [3.63, 3.8) is 0 Å². The molecule has 118 valence electrons. The summed E-state index contributed by atoms with van der Waals surface area (Å²) in [5, 5.41) is 9.79. The van der Waals surface area contributed by atoms with E-state index in [0.717, 1.165) is 24.8 Å². The molecule has 0 atom stereocenters. The minimum absolute atomic E-state index is 0.0904. The van der Waals surface area contributed by atoms with Crippen LogP contribution in [0, 0.1) is 6.92 Å². The van der Waals surface area contributed by atoms with E-state index in [0.29, 0.717) is 23.0 Å². The monoisotopic (exact) mass is 312 g/mol. The van der Waals surface area contributed by atoms with Crippen molar-refractivity contribution in [1.29, 1.82) is 0 Å². The zero-order valence-electron chi connectivity index (χ0n) is 12.7. The Bertz CT molecular complexity index is 807. The summed E-state index contributed by atoms with van der Waals surface area (Å²) < 4.78 is 5.05. The molecule has 0 bridgehead atoms. The quantitative estimate of drug-likeness (QED) is 0.898. The number of aromatic nitrogens is 2. The molecule has 7 heteroatoms. The van der Waals surface area contributed by atoms with Gasteiger partial charge in [0.1, 0.15) is 5.54 Å². The summed E-state index contributed by atoms with van der Waals surface area (Å²) in [5.41, 5.74) is 1.41. The average Bonchev–Trinajstić information content (AvgIpc) is 3.07. The van der Waals surface area contributed by atoms with Gasteiger partial charge in [-0.3, -0.25) is 9.59 Å². The summed E-state index contributed by atoms with van der Waals surface area (Å²) in [6, 6.07) is 5.31. The van der Waals surface area contributed by atoms with Gasteiger partial charge in [-0.1, -0.05) is 11.2 Å². The lowest BCUT2D eigenvalue weighted by Crippen LogP contribution is -2.51. The Kier molecular flexibility index (Phi) is 2.97. The first-order chi connectivity index (χ1) is 11.1. The molecule has 1 aliphatic heterocycles. The molecular formula is C16H16N4O3. The number of hydrogen-bond acceptors (Lipinski definition) is 5. The van der Waals surface area contributed by atoms with E-state index in [1.807, 2.05) is 0 Å². The molecule has 1 saturated carbocycles. The third kappa shape index (κ3) is 2.19. The van der Waals surface area contributed by atoms with Crippen LogP contribution >= 0.6 is 0 Å². The zero-order valence-corrected chi connectivity index (χ0v) is 12.7. The number of nitrogens with zero attached hydrogens (tertiary/aromatic N) is 2. The highest BCUT2D eigenvalue weighted by molar-refractivity contribution is 6.05. The minimum Gasteiger partial charge on any atom is -0.340 e. The van der Waals surface area contributed by atoms with Gasteiger partial charge in [0.15, 0.2) is 5.82 Å². The number of fused-ring (bicyclic) bond motifs is 1. The molecule has 1 aliphatic carbocycles. The van der Waals surface area contributed by atoms with Crippen LogP contribution in [0.2, 0.25) is 0 Å². The van der Waals surface area contributed by atoms with Crippen LogP contribution in [0.1, 0.15) is 46.9 Å². The molecule has 1 fully saturated rings. The molecule has 2 amide bonds. The second kappa shape index (κ2) is 4.91. The van der Waals surface area contributed by atoms with E-state index in [1.165, 1.54) is 0 Å². The van der Waals surface area contributed by atoms with E-state index < -0.39 is 5.54 Å². The number of nitrogens with one attached hydrogen (secondary N) is 2. The second-order valence-electron chi connectivity index (χ2n) is 6.08. The van der Waals surface area contributed by atoms with Gasteiger partial charge in [0.2, 0.25) is 11.8 Å². The maximum absolute atomic E-state index is 12.8. The Hall–Kier alpha value is -2.70. The number of rotatable bonds is 3. The van der Waals surface area contributed by atoms with Crippen LogP contribution in [0.15, 0.2) is 22.7 Å². The van der Waals surface area contributed by atoms with Crippen molar-refractivity contribution >= 4 is 17.5 Å². The molecule has 2 heterocycles. The smallest absolute Gasteiger partial charge is 0.252 e. The standard InChI is InChI=1S/C16H16N4O3/c1-9-17-15(20-23-9)16(6-3-7-16)19-14(22)10-4-2-5-12-11(10)8-13(21)18-12/h2,4-5H,3,6-8H2,1H3,(H,18,21)(H,19,22). The van der Waals surface area contributed by atoms with Crippen molar-refractivity contribution in [2.75, 3.05) is 5.32 Å². The van der Waals surface area contributed by atoms with E-state index in [2.05, 4.69) is 20.8 Å². The largest absolute Gasteiger partial charge is 0.340 e. The lowest BCUT2D eigenvalue weighted by atomic mass is 9.75. The highest BCUT2D eigenvalue weighted by Gasteiger charge is 2.44. The van der Waals surface area contributed by atoms with Gasteiger partial charge >= 0.3 is 0 Å². The molecule has 0 unspecified atom stereocenters. The summed E-state index contributed by atoms with van der Waals surface area (Å²) in [6.45, 7) is 1.73. The Morgan fingerprint density at radius 1 is 1.39 bits per heavy atom. The van der Waals surface area contributed by atoms with Crippen LogP contribution in [0.25, 0.3) is 0 Å². The lowest BCUT2D eigenvalue weighted by molar-refractivity contribution is -0.115. The zero-order chi connectivity index (χ0) is 16.0. The molecular weight excluding hydrogens is 296 g/mol. The van der Waals surface area contributed by atoms with E-state index in [4.69, 9.17) is 4.52 Å². The number of aryl methyl sites for hydroxylation is 1. The molecule has 2 aromatic rings. The lowest BCUT2D eigenvalue weighted by Gasteiger charge is -2.39. The Balaban J connectivity index is 1.64. The van der Waals surface area contributed by atoms with Crippen LogP contribution in [0.3, 0.4) is 0 Å². The summed E-state index contributed by atoms with van der Waals surface area (Å²) in [6.07, 6.45) is 2.79. The molecule has 1 aromatic heterocycles. The van der Waals surface area contributed by atoms with Crippen molar-refractivity contribution in [2.45, 2.75) is 38.1 Å². The van der Waals surface area contributed by atoms with Gasteiger partial charge in [-0.25, -0.2) is 0 Å². The van der Waals surface area contributed by atoms with Crippen molar-refractivity contribution in [3.05, 3.63) is 41.0 Å². The number of anilines is 1. The van der Waals surface area contributed by atoms with Crippen LogP contribution < -0.4 is 10.6 Å². The van der Waals surface area contributed by atoms with Gasteiger partial charge in [-0.2, -0.15) is 4.98 Å². The van der Waals surface area contributed by atoms with Gasteiger partial charge in [-0.15, -0.1) is 0 Å². The summed E-state index contributed by atoms with van der Waals surface area (Å²) in [5.74, 6) is 0.709. The summed E-state index contributed by atoms with van der Waals surface area (Å²) >= 11 is 0. The van der Waals surface area contributed by atoms with Gasteiger partial charge < -0.3 is 15.2 Å². The Labute approximate surface area is 132 Å². The van der Waals surface area contributed by atoms with E-state index >= 15 is 0 Å². The van der Waals surface area contributed by atoms with Crippen molar-refractivity contribution in [3.8, 4) is 0 Å². The van der Waals surface area contributed by atoms with Gasteiger partial charge in [-0.05, 0) is 37.0 Å². The van der Waals surface area contributed by atoms with E-state index in [9.17, 15) is 9.59 Å². The maximum Gasteiger partial charge on any atom is 0.252 e. The maximum atomic E-state index is 12.8. The highest BCUT2D eigenvalue weighted by Crippen LogP contribution is 2.40. The Morgan fingerprint density at radius 3 is 2.87 bits per heavy atom. The van der Waals surface area contributed by atoms with Gasteiger partial charge in [0.05, 0.1) is 6.42 Å². The molecule has 1 aromatic carbocycles. The van der Waals surface area contributed by atoms with Crippen LogP contribution in [0.5, 0.6) is 0 Å². The number of carbonyl (C=O) groups excluding carboxylic acids is 2. The van der Waals surface area contributed by atoms with Gasteiger partial charge in [0.25, 0.3) is 5.91 Å². The van der Waals surface area contributed by atoms with Crippen molar-refractivity contribution in [1.82, 2.24) is 15.5 Å². The SMILES string of the molecule is Cc1nc(C2(NC(=O)c3cccc4c3CC(=O)N4)CCC2)no1. The predicted molar refractivity (Wildman–Crippen MR) is 80.8 cm³/mol. The van der Waals surface area contributed by atoms with Gasteiger partial charge in [0, 0.05) is 18.2 Å². The highest BCUT2D eigenvalue weighted by atomic mass is 16.5. The van der Waals surface area contributed by atoms with E-state index in [-0.39, 0.29) is 18.2 Å². The summed E-state index contributed by atoms with van der Waals surface area (Å²) in [4.78, 5) is 28.6. The van der Waals surface area contributed by atoms with Crippen LogP contribution in [-0.4, -0.2) is 22.0 Å². The van der Waals surface area contributed by atoms with Crippen LogP contribution in [-0.2, 0) is 16.8 Å². The fraction of sp³-hybridized carbons (Fsp3) is 0.375. The normalized spacial score (nSPS) is 18.0. The number of hydrogen-bond donors (Lipinski definition) is 2. The molecule has 2 aliphatic rings. The van der Waals surface area contributed by atoms with E-state index in [1.54, 1.807) is 25.1 Å². The number of carbonyl (C=O) groups is 2. The minimum atomic E-state index is -0.562. The predicted octanol–water partition coefficient (Wildman–Crippen LogP) is 1.68. The molecule has 0 spiro atoms. The van der Waals surface area contributed by atoms with Crippen molar-refractivity contribution < 1.29 is 14.1 Å². The second-order valence-corrected chi connectivity index (χ2v) is 6.08. The third-order valence-electron chi connectivity index (χ3n) is 4.55. The fourth-order valence-corrected chi connectivity index (χ4v) is 3.18. The fourth-order valence-electron chi connectivity index (χ4n) is 3.18. The summed E-state index contributed by atoms with van der Waals surface area (Å²) in [7, 11) is 0. The number of amides is 2. The first kappa shape index (κ1) is 13.9. The average molecular weight is 312 g/mol. The topological polar surface area (TPSA) is 97.1 Å². The molecule has 0 saturated heterocycles. The Morgan fingerprint density at radius 2 is 2.22 bits per heavy atom. The molecule has 23 heavy (non-hydrogen) atoms. The van der Waals surface area contributed by atoms with Crippen molar-refractivity contribution in [2.24, 2.45) is 0 Å². The molecule has 4 rings (SSSR count). The first-order valence-corrected chi connectivity index (χ1v) is 7.62. The molecule has 7 nitrogen and oxygen atoms in total.